The molecule has 2 aromatic rings. The average Bonchev–Trinajstić information content (AvgIpc) is 3.30. The van der Waals surface area contributed by atoms with Gasteiger partial charge in [0.25, 0.3) is 5.91 Å². The molecule has 0 bridgehead atoms. The number of anilines is 1. The van der Waals surface area contributed by atoms with Crippen molar-refractivity contribution in [1.29, 1.82) is 0 Å². The number of aliphatic hydroxyl groups excluding tert-OH is 1. The quantitative estimate of drug-likeness (QED) is 0.484. The van der Waals surface area contributed by atoms with Gasteiger partial charge in [0.1, 0.15) is 11.6 Å². The molecule has 8 nitrogen and oxygen atoms in total. The molecule has 2 fully saturated rings. The molecule has 0 radical (unpaired) electrons. The summed E-state index contributed by atoms with van der Waals surface area (Å²) < 4.78 is 7.12. The first-order valence-corrected chi connectivity index (χ1v) is 15.8. The highest BCUT2D eigenvalue weighted by atomic mass is 16.5. The summed E-state index contributed by atoms with van der Waals surface area (Å²) in [4.78, 5) is 49.5. The Kier molecular flexibility index (Phi) is 7.79. The minimum atomic E-state index is -1.38. The summed E-state index contributed by atoms with van der Waals surface area (Å²) in [5.74, 6) is -2.62. The first-order chi connectivity index (χ1) is 21.1. The topological polar surface area (TPSA) is 90.4 Å². The van der Waals surface area contributed by atoms with Crippen LogP contribution in [-0.4, -0.2) is 75.6 Å². The van der Waals surface area contributed by atoms with E-state index in [0.717, 1.165) is 22.4 Å². The highest BCUT2D eigenvalue weighted by Gasteiger charge is 2.76. The van der Waals surface area contributed by atoms with Gasteiger partial charge in [0, 0.05) is 25.3 Å². The average molecular weight is 598 g/mol. The van der Waals surface area contributed by atoms with Gasteiger partial charge < -0.3 is 24.5 Å². The minimum Gasteiger partial charge on any atom is -0.394 e. The van der Waals surface area contributed by atoms with Crippen molar-refractivity contribution in [1.82, 2.24) is 9.80 Å². The zero-order valence-corrected chi connectivity index (χ0v) is 26.3. The predicted molar refractivity (Wildman–Crippen MR) is 169 cm³/mol. The summed E-state index contributed by atoms with van der Waals surface area (Å²) in [5.41, 5.74) is 1.31. The number of carbonyl (C=O) groups is 3. The summed E-state index contributed by atoms with van der Waals surface area (Å²) in [6.45, 7) is 10.6. The predicted octanol–water partition coefficient (Wildman–Crippen LogP) is 4.18. The van der Waals surface area contributed by atoms with Gasteiger partial charge in [0.15, 0.2) is 0 Å². The van der Waals surface area contributed by atoms with Gasteiger partial charge in [-0.2, -0.15) is 0 Å². The Hall–Kier alpha value is -3.75. The maximum atomic E-state index is 14.9. The molecule has 44 heavy (non-hydrogen) atoms. The fourth-order valence-corrected chi connectivity index (χ4v) is 7.90. The van der Waals surface area contributed by atoms with E-state index in [0.29, 0.717) is 26.1 Å². The fourth-order valence-electron chi connectivity index (χ4n) is 7.90. The number of rotatable bonds is 7. The summed E-state index contributed by atoms with van der Waals surface area (Å²) in [7, 11) is 0. The van der Waals surface area contributed by atoms with Gasteiger partial charge in [-0.25, -0.2) is 0 Å². The van der Waals surface area contributed by atoms with Crippen molar-refractivity contribution in [3.05, 3.63) is 89.5 Å². The van der Waals surface area contributed by atoms with Crippen LogP contribution in [0.1, 0.15) is 43.9 Å². The maximum absolute atomic E-state index is 14.9. The molecule has 2 saturated heterocycles. The van der Waals surface area contributed by atoms with Crippen LogP contribution in [0.2, 0.25) is 0 Å². The second-order valence-corrected chi connectivity index (χ2v) is 13.1. The molecule has 3 amide bonds. The highest BCUT2D eigenvalue weighted by molar-refractivity contribution is 6.06. The van der Waals surface area contributed by atoms with E-state index in [2.05, 4.69) is 0 Å². The molecule has 6 atom stereocenters. The smallest absolute Gasteiger partial charge is 0.253 e. The van der Waals surface area contributed by atoms with Crippen LogP contribution in [0.4, 0.5) is 5.69 Å². The van der Waals surface area contributed by atoms with Crippen LogP contribution in [-0.2, 0) is 25.7 Å². The van der Waals surface area contributed by atoms with Crippen LogP contribution in [0.15, 0.2) is 72.8 Å². The van der Waals surface area contributed by atoms with Crippen LogP contribution >= 0.6 is 0 Å². The van der Waals surface area contributed by atoms with Gasteiger partial charge in [0.05, 0.1) is 30.1 Å². The van der Waals surface area contributed by atoms with E-state index < -0.39 is 35.1 Å². The number of carbonyl (C=O) groups excluding carboxylic acids is 3. The van der Waals surface area contributed by atoms with Gasteiger partial charge in [0.2, 0.25) is 11.8 Å². The SMILES string of the molecule is CC[C@]12C=CCN(Cc3ccccc3)C(=O)[C@H]1[C@H]1C(=O)N([C@@H](CO)C(C)C)C3C(=O)N(c4cc(C)ccc4C)CC=C[C@@]31O2. The standard InChI is InChI=1S/C36H43N3O5/c1-6-35-16-10-18-37(21-26-12-8-7-9-13-26)32(41)29(35)30-33(42)39(28(22-40)23(2)3)31-34(43)38(19-11-17-36(30,31)44-35)27-20-24(4)14-15-25(27)5/h7-17,20,23,28-31,40H,6,18-19,21-22H2,1-5H3/t28-,29+,30-,31?,35-,36-/m0/s1. The third-order valence-corrected chi connectivity index (χ3v) is 10.1. The monoisotopic (exact) mass is 597 g/mol. The number of benzene rings is 2. The number of ether oxygens (including phenoxy) is 1. The molecular weight excluding hydrogens is 554 g/mol. The summed E-state index contributed by atoms with van der Waals surface area (Å²) >= 11 is 0. The number of likely N-dealkylation sites (tertiary alicyclic amines) is 1. The minimum absolute atomic E-state index is 0.135. The summed E-state index contributed by atoms with van der Waals surface area (Å²) in [6, 6.07) is 14.2. The van der Waals surface area contributed by atoms with Crippen molar-refractivity contribution < 1.29 is 24.2 Å². The number of hydrogen-bond donors (Lipinski definition) is 1. The normalized spacial score (nSPS) is 30.4. The Morgan fingerprint density at radius 3 is 2.34 bits per heavy atom. The van der Waals surface area contributed by atoms with Crippen LogP contribution < -0.4 is 4.90 Å². The lowest BCUT2D eigenvalue weighted by molar-refractivity contribution is -0.153. The summed E-state index contributed by atoms with van der Waals surface area (Å²) in [6.07, 6.45) is 8.19. The second kappa shape index (κ2) is 11.3. The van der Waals surface area contributed by atoms with Crippen LogP contribution in [0.5, 0.6) is 0 Å². The largest absolute Gasteiger partial charge is 0.394 e. The maximum Gasteiger partial charge on any atom is 0.253 e. The number of hydrogen-bond acceptors (Lipinski definition) is 5. The molecule has 6 rings (SSSR count). The number of aliphatic hydroxyl groups is 1. The van der Waals surface area contributed by atoms with Gasteiger partial charge in [-0.15, -0.1) is 0 Å². The van der Waals surface area contributed by atoms with Crippen molar-refractivity contribution in [3.63, 3.8) is 0 Å². The third-order valence-electron chi connectivity index (χ3n) is 10.1. The van der Waals surface area contributed by atoms with E-state index in [1.807, 2.05) is 107 Å². The van der Waals surface area contributed by atoms with Crippen molar-refractivity contribution in [3.8, 4) is 0 Å². The van der Waals surface area contributed by atoms with E-state index in [1.54, 1.807) is 14.7 Å². The molecule has 4 aliphatic heterocycles. The Bertz CT molecular complexity index is 1520. The number of nitrogens with zero attached hydrogens (tertiary/aromatic N) is 3. The Morgan fingerprint density at radius 1 is 0.932 bits per heavy atom. The molecule has 0 aromatic heterocycles. The molecule has 1 N–H and O–H groups in total. The van der Waals surface area contributed by atoms with Crippen LogP contribution in [0, 0.1) is 31.6 Å². The van der Waals surface area contributed by atoms with Crippen molar-refractivity contribution in [2.45, 2.75) is 70.9 Å². The number of aryl methyl sites for hydroxylation is 2. The fraction of sp³-hybridized carbons (Fsp3) is 0.472. The third kappa shape index (κ3) is 4.53. The molecular formula is C36H43N3O5. The molecule has 1 unspecified atom stereocenters. The molecule has 1 spiro atoms. The lowest BCUT2D eigenvalue weighted by atomic mass is 9.73. The van der Waals surface area contributed by atoms with Crippen LogP contribution in [0.3, 0.4) is 0 Å². The van der Waals surface area contributed by atoms with Gasteiger partial charge in [-0.3, -0.25) is 14.4 Å². The van der Waals surface area contributed by atoms with E-state index in [-0.39, 0.29) is 30.2 Å². The molecule has 2 aromatic carbocycles. The number of fused-ring (bicyclic) bond motifs is 2. The second-order valence-electron chi connectivity index (χ2n) is 13.1. The first-order valence-electron chi connectivity index (χ1n) is 15.8. The highest BCUT2D eigenvalue weighted by Crippen LogP contribution is 2.59. The van der Waals surface area contributed by atoms with Gasteiger partial charge in [-0.1, -0.05) is 87.5 Å². The van der Waals surface area contributed by atoms with E-state index >= 15 is 0 Å². The molecule has 4 heterocycles. The summed E-state index contributed by atoms with van der Waals surface area (Å²) in [5, 5.41) is 10.6. The van der Waals surface area contributed by atoms with Gasteiger partial charge >= 0.3 is 0 Å². The molecule has 8 heteroatoms. The Morgan fingerprint density at radius 2 is 1.66 bits per heavy atom. The lowest BCUT2D eigenvalue weighted by Gasteiger charge is -2.42. The van der Waals surface area contributed by atoms with E-state index in [9.17, 15) is 19.5 Å². The van der Waals surface area contributed by atoms with Crippen molar-refractivity contribution >= 4 is 23.4 Å². The zero-order chi connectivity index (χ0) is 31.4. The van der Waals surface area contributed by atoms with E-state index in [1.165, 1.54) is 0 Å². The van der Waals surface area contributed by atoms with Crippen LogP contribution in [0.25, 0.3) is 0 Å². The lowest BCUT2D eigenvalue weighted by Crippen LogP contribution is -2.60. The molecule has 232 valence electrons. The zero-order valence-electron chi connectivity index (χ0n) is 26.3. The molecule has 0 saturated carbocycles. The van der Waals surface area contributed by atoms with E-state index in [4.69, 9.17) is 4.74 Å². The van der Waals surface area contributed by atoms with Crippen molar-refractivity contribution in [2.75, 3.05) is 24.6 Å². The Labute approximate surface area is 260 Å². The molecule has 0 aliphatic carbocycles. The van der Waals surface area contributed by atoms with Crippen molar-refractivity contribution in [2.24, 2.45) is 17.8 Å². The molecule has 4 aliphatic rings. The van der Waals surface area contributed by atoms with Gasteiger partial charge in [-0.05, 0) is 48.9 Å². The first kappa shape index (κ1) is 30.3. The Balaban J connectivity index is 1.50. The number of amides is 3.